The van der Waals surface area contributed by atoms with Gasteiger partial charge in [-0.1, -0.05) is 144 Å². The molecule has 11 aromatic carbocycles. The van der Waals surface area contributed by atoms with Gasteiger partial charge in [0.15, 0.2) is 11.2 Å². The van der Waals surface area contributed by atoms with E-state index in [2.05, 4.69) is 12.1 Å². The van der Waals surface area contributed by atoms with Gasteiger partial charge in [0.1, 0.15) is 34.4 Å². The van der Waals surface area contributed by atoms with E-state index in [-0.39, 0.29) is 60.6 Å². The fourth-order valence-electron chi connectivity index (χ4n) is 12.0. The molecule has 0 N–H and O–H groups in total. The minimum absolute atomic E-state index is 0.0554. The lowest BCUT2D eigenvalue weighted by molar-refractivity contribution is 0.670. The Balaban J connectivity index is 1.27. The number of aromatic nitrogens is 4. The SMILES string of the molecule is [2H]c1c([2H])c([2H])c2c(oc3c2c([2H])c([2H])c2c4c([2H])c(C)c([2H])c([2H])c4n(-c4c(C#N)c(-n5c6ccccc6c6ccccc65)c(-n5c6c([2H])c([2H])c(C([2H])([2H])[2H])c([2H])c6c6c([2H])c([2H])c7c(oc8c([2H])c([2H])c([2H])c([2H])c87)c65)c(C#N)c4-n4c5ccccc5c5ccccc54)c32)c1[2H]. The van der Waals surface area contributed by atoms with Gasteiger partial charge in [0.05, 0.1) is 91.6 Å². The summed E-state index contributed by atoms with van der Waals surface area (Å²) in [6.07, 6.45) is 0. The molecule has 0 saturated carbocycles. The molecule has 17 rings (SSSR count). The zero-order chi connectivity index (χ0) is 69.8. The number of benzene rings is 11. The second-order valence-corrected chi connectivity index (χ2v) is 18.9. The number of furan rings is 2. The molecule has 0 aliphatic rings. The van der Waals surface area contributed by atoms with Crippen molar-refractivity contribution in [2.24, 2.45) is 0 Å². The molecule has 0 fully saturated rings. The zero-order valence-corrected chi connectivity index (χ0v) is 40.2. The summed E-state index contributed by atoms with van der Waals surface area (Å²) < 4.78 is 218. The summed E-state index contributed by atoms with van der Waals surface area (Å²) >= 11 is 0. The maximum Gasteiger partial charge on any atom is 0.160 e. The standard InChI is InChI=1S/C70H40N6O2/c1-39-27-33-59-51(35-39)47-29-31-49-45-19-7-13-25-61(45)77-69(49)67(47)75(59)65-53(37-71)64(74-57-23-11-5-17-43(57)44-18-6-12-24-58(44)74)66(54(38-72)63(65)73-55-21-9-3-15-41(55)42-16-4-10-22-56(42)73)76-60-34-28-40(2)36-52(60)48-30-32-50-46-20-8-14-26-62(46)78-70(50)68(48)76/h3-36H,1-2H3/i1D3,7D,8D,13D,14D,19D,20D,25D,26D,27D,28D,29D,30D,31D,32D,33D,34D,35D,36D. The third-order valence-corrected chi connectivity index (χ3v) is 15.0. The van der Waals surface area contributed by atoms with Gasteiger partial charge in [-0.15, -0.1) is 0 Å². The minimum Gasteiger partial charge on any atom is -0.454 e. The number of hydrogen-bond donors (Lipinski definition) is 0. The summed E-state index contributed by atoms with van der Waals surface area (Å²) in [5.41, 5.74) is -5.71. The normalized spacial score (nSPS) is 16.2. The second kappa shape index (κ2) is 15.4. The quantitative estimate of drug-likeness (QED) is 0.175. The van der Waals surface area contributed by atoms with Crippen LogP contribution in [0.5, 0.6) is 0 Å². The number of hydrogen-bond acceptors (Lipinski definition) is 4. The van der Waals surface area contributed by atoms with E-state index >= 15 is 0 Å². The smallest absolute Gasteiger partial charge is 0.160 e. The summed E-state index contributed by atoms with van der Waals surface area (Å²) in [6, 6.07) is 20.0. The molecule has 78 heavy (non-hydrogen) atoms. The van der Waals surface area contributed by atoms with Crippen molar-refractivity contribution in [3.05, 3.63) is 228 Å². The number of nitriles is 2. The molecule has 362 valence electrons. The topological polar surface area (TPSA) is 93.6 Å². The molecule has 8 nitrogen and oxygen atoms in total. The van der Waals surface area contributed by atoms with Gasteiger partial charge in [0.25, 0.3) is 0 Å². The van der Waals surface area contributed by atoms with E-state index in [0.29, 0.717) is 43.6 Å². The van der Waals surface area contributed by atoms with Crippen molar-refractivity contribution in [1.82, 2.24) is 18.3 Å². The van der Waals surface area contributed by atoms with Crippen molar-refractivity contribution in [1.29, 1.82) is 10.5 Å². The molecule has 6 heterocycles. The third-order valence-electron chi connectivity index (χ3n) is 15.0. The highest BCUT2D eigenvalue weighted by Crippen LogP contribution is 2.51. The van der Waals surface area contributed by atoms with Crippen LogP contribution < -0.4 is 0 Å². The monoisotopic (exact) mass is 1020 g/mol. The molecule has 0 aliphatic heterocycles. The second-order valence-electron chi connectivity index (χ2n) is 18.9. The first-order chi connectivity index (χ1) is 47.2. The van der Waals surface area contributed by atoms with E-state index in [9.17, 15) is 29.7 Å². The van der Waals surface area contributed by atoms with Gasteiger partial charge in [0.2, 0.25) is 0 Å². The van der Waals surface area contributed by atoms with E-state index in [4.69, 9.17) is 18.4 Å². The van der Waals surface area contributed by atoms with Gasteiger partial charge in [0, 0.05) is 68.7 Å². The van der Waals surface area contributed by atoms with Gasteiger partial charge >= 0.3 is 0 Å². The number of para-hydroxylation sites is 6. The van der Waals surface area contributed by atoms with Crippen LogP contribution in [0.3, 0.4) is 0 Å². The molecule has 0 spiro atoms. The Hall–Kier alpha value is -10.8. The lowest BCUT2D eigenvalue weighted by atomic mass is 9.98. The Morgan fingerprint density at radius 2 is 0.744 bits per heavy atom. The molecule has 8 heteroatoms. The first-order valence-electron chi connectivity index (χ1n) is 35.0. The largest absolute Gasteiger partial charge is 0.454 e. The molecule has 17 aromatic rings. The van der Waals surface area contributed by atoms with Crippen LogP contribution in [-0.2, 0) is 0 Å². The highest BCUT2D eigenvalue weighted by atomic mass is 16.3. The van der Waals surface area contributed by atoms with E-state index in [1.54, 1.807) is 106 Å². The van der Waals surface area contributed by atoms with Crippen molar-refractivity contribution in [2.45, 2.75) is 13.8 Å². The molecule has 0 saturated heterocycles. The minimum atomic E-state index is -3.31. The third kappa shape index (κ3) is 5.39. The van der Waals surface area contributed by atoms with Crippen LogP contribution in [0, 0.1) is 36.4 Å². The Labute approximate surface area is 473 Å². The molecular weight excluding hydrogens is 957 g/mol. The van der Waals surface area contributed by atoms with Gasteiger partial charge in [-0.3, -0.25) is 0 Å². The van der Waals surface area contributed by atoms with Crippen molar-refractivity contribution in [2.75, 3.05) is 0 Å². The fourth-order valence-corrected chi connectivity index (χ4v) is 12.0. The average molecular weight is 1020 g/mol. The molecule has 0 aliphatic carbocycles. The highest BCUT2D eigenvalue weighted by Gasteiger charge is 2.36. The van der Waals surface area contributed by atoms with Gasteiger partial charge in [-0.05, 0) is 86.4 Å². The Kier molecular flexibility index (Phi) is 5.35. The fraction of sp³-hybridized carbons (Fsp3) is 0.0286. The van der Waals surface area contributed by atoms with Crippen molar-refractivity contribution < 1.29 is 37.6 Å². The van der Waals surface area contributed by atoms with Gasteiger partial charge < -0.3 is 27.1 Å². The predicted molar refractivity (Wildman–Crippen MR) is 317 cm³/mol. The van der Waals surface area contributed by atoms with E-state index in [1.807, 2.05) is 0 Å². The number of rotatable bonds is 4. The lowest BCUT2D eigenvalue weighted by Gasteiger charge is -2.27. The van der Waals surface area contributed by atoms with Crippen LogP contribution in [-0.4, -0.2) is 18.3 Å². The van der Waals surface area contributed by atoms with Gasteiger partial charge in [-0.2, -0.15) is 10.5 Å². The summed E-state index contributed by atoms with van der Waals surface area (Å²) in [5, 5.41) is 25.6. The highest BCUT2D eigenvalue weighted by molar-refractivity contribution is 6.24. The van der Waals surface area contributed by atoms with Crippen molar-refractivity contribution in [3.8, 4) is 34.9 Å². The summed E-state index contributed by atoms with van der Waals surface area (Å²) in [5.74, 6) is 0. The zero-order valence-electron chi connectivity index (χ0n) is 61.2. The number of nitrogens with zero attached hydrogens (tertiary/aromatic N) is 6. The maximum absolute atomic E-state index is 13.2. The maximum atomic E-state index is 13.2. The van der Waals surface area contributed by atoms with Crippen molar-refractivity contribution >= 4 is 131 Å². The van der Waals surface area contributed by atoms with Crippen LogP contribution in [0.2, 0.25) is 0 Å². The Morgan fingerprint density at radius 3 is 1.17 bits per heavy atom. The molecule has 0 amide bonds. The van der Waals surface area contributed by atoms with Crippen LogP contribution in [0.1, 0.15) is 51.0 Å². The van der Waals surface area contributed by atoms with Crippen LogP contribution in [0.4, 0.5) is 0 Å². The summed E-state index contributed by atoms with van der Waals surface area (Å²) in [4.78, 5) is 0. The molecular formula is C70H40N6O2. The molecule has 0 radical (unpaired) electrons. The van der Waals surface area contributed by atoms with Crippen LogP contribution in [0.15, 0.2) is 215 Å². The average Bonchev–Trinajstić information content (AvgIpc) is 1.53. The van der Waals surface area contributed by atoms with E-state index in [1.165, 1.54) is 16.1 Å². The first kappa shape index (κ1) is 27.1. The number of fused-ring (bicyclic) bond motifs is 20. The van der Waals surface area contributed by atoms with Crippen molar-refractivity contribution in [3.63, 3.8) is 0 Å². The van der Waals surface area contributed by atoms with E-state index in [0.717, 1.165) is 0 Å². The Bertz CT molecular complexity index is 6770. The van der Waals surface area contributed by atoms with Gasteiger partial charge in [-0.25, -0.2) is 0 Å². The van der Waals surface area contributed by atoms with E-state index < -0.39 is 188 Å². The molecule has 0 unspecified atom stereocenters. The lowest BCUT2D eigenvalue weighted by Crippen LogP contribution is -2.16. The summed E-state index contributed by atoms with van der Waals surface area (Å²) in [6.45, 7) is -1.88. The predicted octanol–water partition coefficient (Wildman–Crippen LogP) is 18.2. The van der Waals surface area contributed by atoms with Crippen LogP contribution >= 0.6 is 0 Å². The first-order valence-corrected chi connectivity index (χ1v) is 24.5. The molecule has 0 atom stereocenters. The molecule has 0 bridgehead atoms. The Morgan fingerprint density at radius 1 is 0.372 bits per heavy atom. The molecule has 6 aromatic heterocycles. The van der Waals surface area contributed by atoms with Crippen LogP contribution in [0.25, 0.3) is 154 Å². The summed E-state index contributed by atoms with van der Waals surface area (Å²) in [7, 11) is 0.